The fourth-order valence-corrected chi connectivity index (χ4v) is 4.01. The first-order valence-electron chi connectivity index (χ1n) is 10.2. The number of nitrogens with one attached hydrogen (secondary N) is 1. The number of amides is 2. The van der Waals surface area contributed by atoms with Gasteiger partial charge in [0.15, 0.2) is 5.58 Å². The maximum absolute atomic E-state index is 13.3. The lowest BCUT2D eigenvalue weighted by molar-refractivity contribution is -0.124. The van der Waals surface area contributed by atoms with Crippen LogP contribution in [0.5, 0.6) is 0 Å². The summed E-state index contributed by atoms with van der Waals surface area (Å²) in [6.45, 7) is 2.53. The van der Waals surface area contributed by atoms with Gasteiger partial charge in [-0.2, -0.15) is 0 Å². The molecule has 3 aromatic rings. The molecule has 2 amide bonds. The molecule has 0 aliphatic heterocycles. The molecule has 30 heavy (non-hydrogen) atoms. The number of halogens is 1. The molecule has 1 saturated carbocycles. The minimum atomic E-state index is -0.379. The normalized spacial score (nSPS) is 18.5. The summed E-state index contributed by atoms with van der Waals surface area (Å²) in [5.74, 6) is -0.0400. The van der Waals surface area contributed by atoms with Crippen LogP contribution in [0.3, 0.4) is 0 Å². The van der Waals surface area contributed by atoms with E-state index in [1.165, 1.54) is 12.1 Å². The number of hydrogen-bond acceptors (Lipinski definition) is 4. The van der Waals surface area contributed by atoms with E-state index >= 15 is 0 Å². The van der Waals surface area contributed by atoms with Crippen molar-refractivity contribution in [3.8, 4) is 11.5 Å². The lowest BCUT2D eigenvalue weighted by atomic mass is 10.1. The Hall–Kier alpha value is -3.22. The molecule has 2 atom stereocenters. The smallest absolute Gasteiger partial charge is 0.253 e. The van der Waals surface area contributed by atoms with E-state index in [1.54, 1.807) is 42.3 Å². The van der Waals surface area contributed by atoms with E-state index in [2.05, 4.69) is 10.3 Å². The summed E-state index contributed by atoms with van der Waals surface area (Å²) in [6, 6.07) is 11.3. The Bertz CT molecular complexity index is 1080. The van der Waals surface area contributed by atoms with Gasteiger partial charge in [0, 0.05) is 42.7 Å². The summed E-state index contributed by atoms with van der Waals surface area (Å²) < 4.78 is 19.0. The van der Waals surface area contributed by atoms with Crippen LogP contribution < -0.4 is 5.32 Å². The van der Waals surface area contributed by atoms with Gasteiger partial charge in [-0.25, -0.2) is 9.37 Å². The molecule has 1 N–H and O–H groups in total. The van der Waals surface area contributed by atoms with Gasteiger partial charge in [-0.15, -0.1) is 0 Å². The first kappa shape index (κ1) is 20.1. The summed E-state index contributed by atoms with van der Waals surface area (Å²) >= 11 is 0. The van der Waals surface area contributed by atoms with Gasteiger partial charge in [0.1, 0.15) is 11.3 Å². The molecule has 1 aromatic heterocycles. The number of oxazole rings is 1. The third-order valence-electron chi connectivity index (χ3n) is 5.72. The second-order valence-electron chi connectivity index (χ2n) is 7.68. The summed E-state index contributed by atoms with van der Waals surface area (Å²) in [5.41, 5.74) is 2.23. The SMILES string of the molecule is CCNC(=O)C1CCC(N(C)C(=O)c2ccc(-c3nc4ccc(F)cc4o3)cc2)C1. The van der Waals surface area contributed by atoms with E-state index < -0.39 is 0 Å². The van der Waals surface area contributed by atoms with Crippen LogP contribution >= 0.6 is 0 Å². The van der Waals surface area contributed by atoms with E-state index in [-0.39, 0.29) is 29.6 Å². The number of rotatable bonds is 5. The molecule has 0 bridgehead atoms. The van der Waals surface area contributed by atoms with Crippen molar-refractivity contribution in [2.24, 2.45) is 5.92 Å². The molecule has 1 heterocycles. The molecule has 156 valence electrons. The molecule has 4 rings (SSSR count). The lowest BCUT2D eigenvalue weighted by Crippen LogP contribution is -2.36. The van der Waals surface area contributed by atoms with E-state index in [4.69, 9.17) is 4.42 Å². The zero-order valence-electron chi connectivity index (χ0n) is 17.0. The molecule has 1 aliphatic rings. The van der Waals surface area contributed by atoms with E-state index in [9.17, 15) is 14.0 Å². The highest BCUT2D eigenvalue weighted by molar-refractivity contribution is 5.94. The van der Waals surface area contributed by atoms with Crippen molar-refractivity contribution in [1.29, 1.82) is 0 Å². The van der Waals surface area contributed by atoms with Gasteiger partial charge in [-0.3, -0.25) is 9.59 Å². The quantitative estimate of drug-likeness (QED) is 0.691. The summed E-state index contributed by atoms with van der Waals surface area (Å²) in [7, 11) is 1.79. The molecule has 0 saturated heterocycles. The summed E-state index contributed by atoms with van der Waals surface area (Å²) in [4.78, 5) is 31.1. The van der Waals surface area contributed by atoms with Crippen molar-refractivity contribution in [3.05, 3.63) is 53.8 Å². The van der Waals surface area contributed by atoms with E-state index in [0.29, 0.717) is 41.1 Å². The van der Waals surface area contributed by atoms with Crippen LogP contribution in [0.15, 0.2) is 46.9 Å². The Kier molecular flexibility index (Phi) is 5.53. The summed E-state index contributed by atoms with van der Waals surface area (Å²) in [5, 5.41) is 2.86. The average molecular weight is 409 g/mol. The highest BCUT2D eigenvalue weighted by Gasteiger charge is 2.33. The van der Waals surface area contributed by atoms with E-state index in [0.717, 1.165) is 12.8 Å². The average Bonchev–Trinajstić information content (AvgIpc) is 3.40. The Morgan fingerprint density at radius 3 is 2.70 bits per heavy atom. The molecule has 7 heteroatoms. The molecule has 0 spiro atoms. The van der Waals surface area contributed by atoms with Gasteiger partial charge >= 0.3 is 0 Å². The number of aromatic nitrogens is 1. The highest BCUT2D eigenvalue weighted by Crippen LogP contribution is 2.30. The van der Waals surface area contributed by atoms with Crippen molar-refractivity contribution in [2.75, 3.05) is 13.6 Å². The molecule has 1 aliphatic carbocycles. The van der Waals surface area contributed by atoms with Gasteiger partial charge in [0.25, 0.3) is 5.91 Å². The second-order valence-corrected chi connectivity index (χ2v) is 7.68. The van der Waals surface area contributed by atoms with Gasteiger partial charge in [0.05, 0.1) is 0 Å². The third-order valence-corrected chi connectivity index (χ3v) is 5.72. The molecule has 6 nitrogen and oxygen atoms in total. The second kappa shape index (κ2) is 8.26. The van der Waals surface area contributed by atoms with Crippen molar-refractivity contribution in [2.45, 2.75) is 32.2 Å². The highest BCUT2D eigenvalue weighted by atomic mass is 19.1. The molecule has 0 radical (unpaired) electrons. The minimum Gasteiger partial charge on any atom is -0.436 e. The Balaban J connectivity index is 1.45. The molecule has 2 unspecified atom stereocenters. The first-order chi connectivity index (χ1) is 14.5. The Morgan fingerprint density at radius 2 is 1.97 bits per heavy atom. The fourth-order valence-electron chi connectivity index (χ4n) is 4.01. The largest absolute Gasteiger partial charge is 0.436 e. The molecular formula is C23H24FN3O3. The third kappa shape index (κ3) is 3.92. The molecular weight excluding hydrogens is 385 g/mol. The van der Waals surface area contributed by atoms with Crippen molar-refractivity contribution in [3.63, 3.8) is 0 Å². The Morgan fingerprint density at radius 1 is 1.20 bits per heavy atom. The van der Waals surface area contributed by atoms with Crippen LogP contribution in [0.25, 0.3) is 22.6 Å². The standard InChI is InChI=1S/C23H24FN3O3/c1-3-25-21(28)16-8-10-18(12-16)27(2)23(29)15-6-4-14(5-7-15)22-26-19-11-9-17(24)13-20(19)30-22/h4-7,9,11,13,16,18H,3,8,10,12H2,1-2H3,(H,25,28). The number of benzene rings is 2. The Labute approximate surface area is 174 Å². The molecule has 1 fully saturated rings. The lowest BCUT2D eigenvalue weighted by Gasteiger charge is -2.25. The zero-order valence-corrected chi connectivity index (χ0v) is 17.0. The number of carbonyl (C=O) groups excluding carboxylic acids is 2. The van der Waals surface area contributed by atoms with Crippen LogP contribution in [0.1, 0.15) is 36.5 Å². The topological polar surface area (TPSA) is 75.4 Å². The monoisotopic (exact) mass is 409 g/mol. The van der Waals surface area contributed by atoms with Crippen molar-refractivity contribution < 1.29 is 18.4 Å². The van der Waals surface area contributed by atoms with Gasteiger partial charge in [-0.05, 0) is 62.6 Å². The van der Waals surface area contributed by atoms with Crippen molar-refractivity contribution in [1.82, 2.24) is 15.2 Å². The maximum Gasteiger partial charge on any atom is 0.253 e. The summed E-state index contributed by atoms with van der Waals surface area (Å²) in [6.07, 6.45) is 2.30. The van der Waals surface area contributed by atoms with Gasteiger partial charge in [-0.1, -0.05) is 0 Å². The predicted molar refractivity (Wildman–Crippen MR) is 111 cm³/mol. The van der Waals surface area contributed by atoms with Gasteiger partial charge < -0.3 is 14.6 Å². The number of nitrogens with zero attached hydrogens (tertiary/aromatic N) is 2. The molecule has 2 aromatic carbocycles. The first-order valence-corrected chi connectivity index (χ1v) is 10.2. The van der Waals surface area contributed by atoms with Crippen LogP contribution in [0.2, 0.25) is 0 Å². The van der Waals surface area contributed by atoms with Gasteiger partial charge in [0.2, 0.25) is 11.8 Å². The van der Waals surface area contributed by atoms with Crippen LogP contribution in [0.4, 0.5) is 4.39 Å². The number of fused-ring (bicyclic) bond motifs is 1. The number of carbonyl (C=O) groups is 2. The van der Waals surface area contributed by atoms with Crippen LogP contribution in [-0.4, -0.2) is 41.3 Å². The van der Waals surface area contributed by atoms with E-state index in [1.807, 2.05) is 6.92 Å². The minimum absolute atomic E-state index is 0.0310. The van der Waals surface area contributed by atoms with Crippen LogP contribution in [-0.2, 0) is 4.79 Å². The zero-order chi connectivity index (χ0) is 21.3. The predicted octanol–water partition coefficient (Wildman–Crippen LogP) is 4.01. The van der Waals surface area contributed by atoms with Crippen LogP contribution in [0, 0.1) is 11.7 Å². The fraction of sp³-hybridized carbons (Fsp3) is 0.348. The number of hydrogen-bond donors (Lipinski definition) is 1. The van der Waals surface area contributed by atoms with Crippen molar-refractivity contribution >= 4 is 22.9 Å². The maximum atomic E-state index is 13.3.